The van der Waals surface area contributed by atoms with E-state index in [0.29, 0.717) is 12.6 Å². The topological polar surface area (TPSA) is 49.4 Å². The van der Waals surface area contributed by atoms with Crippen LogP contribution >= 0.6 is 0 Å². The smallest absolute Gasteiger partial charge is 0.151 e. The van der Waals surface area contributed by atoms with Crippen LogP contribution in [0.5, 0.6) is 0 Å². The molecule has 0 rings (SSSR count). The fraction of sp³-hybridized carbons (Fsp3) is 1.00. The van der Waals surface area contributed by atoms with Crippen molar-refractivity contribution >= 4 is 9.84 Å². The summed E-state index contributed by atoms with van der Waals surface area (Å²) in [6.45, 7) is 5.21. The van der Waals surface area contributed by atoms with Crippen LogP contribution in [0.15, 0.2) is 0 Å². The van der Waals surface area contributed by atoms with Gasteiger partial charge < -0.3 is 10.2 Å². The van der Waals surface area contributed by atoms with Crippen LogP contribution in [0.4, 0.5) is 0 Å². The highest BCUT2D eigenvalue weighted by molar-refractivity contribution is 7.91. The van der Waals surface area contributed by atoms with E-state index >= 15 is 0 Å². The Bertz CT molecular complexity index is 250. The number of nitrogens with one attached hydrogen (secondary N) is 1. The molecule has 0 spiro atoms. The van der Waals surface area contributed by atoms with Crippen LogP contribution in [0, 0.1) is 0 Å². The van der Waals surface area contributed by atoms with Gasteiger partial charge >= 0.3 is 0 Å². The van der Waals surface area contributed by atoms with Gasteiger partial charge in [-0.15, -0.1) is 0 Å². The van der Waals surface area contributed by atoms with E-state index < -0.39 is 9.84 Å². The lowest BCUT2D eigenvalue weighted by atomic mass is 10.3. The highest BCUT2D eigenvalue weighted by atomic mass is 32.2. The van der Waals surface area contributed by atoms with Crippen LogP contribution in [0.2, 0.25) is 0 Å². The average Bonchev–Trinajstić information content (AvgIpc) is 1.96. The number of hydrogen-bond acceptors (Lipinski definition) is 4. The molecule has 0 aromatic carbocycles. The maximum absolute atomic E-state index is 11.1. The number of hydrogen-bond donors (Lipinski definition) is 1. The summed E-state index contributed by atoms with van der Waals surface area (Å²) in [6, 6.07) is 0.314. The highest BCUT2D eigenvalue weighted by Crippen LogP contribution is 1.96. The van der Waals surface area contributed by atoms with Crippen LogP contribution in [0.25, 0.3) is 0 Å². The van der Waals surface area contributed by atoms with Crippen molar-refractivity contribution in [3.63, 3.8) is 0 Å². The molecule has 0 saturated heterocycles. The van der Waals surface area contributed by atoms with Crippen LogP contribution in [-0.2, 0) is 9.84 Å². The van der Waals surface area contributed by atoms with Gasteiger partial charge in [-0.25, -0.2) is 8.42 Å². The first-order chi connectivity index (χ1) is 6.23. The lowest BCUT2D eigenvalue weighted by Gasteiger charge is -2.20. The molecule has 0 aliphatic carbocycles. The van der Waals surface area contributed by atoms with Crippen molar-refractivity contribution < 1.29 is 8.42 Å². The maximum atomic E-state index is 11.1. The van der Waals surface area contributed by atoms with Gasteiger partial charge in [0.15, 0.2) is 9.84 Å². The molecule has 0 bridgehead atoms. The molecule has 86 valence electrons. The molecule has 5 heteroatoms. The van der Waals surface area contributed by atoms with Gasteiger partial charge in [-0.3, -0.25) is 0 Å². The summed E-state index contributed by atoms with van der Waals surface area (Å²) >= 11 is 0. The molecule has 2 unspecified atom stereocenters. The minimum atomic E-state index is -2.90. The molecule has 1 N–H and O–H groups in total. The van der Waals surface area contributed by atoms with E-state index in [2.05, 4.69) is 17.1 Å². The Morgan fingerprint density at radius 2 is 1.79 bits per heavy atom. The quantitative estimate of drug-likeness (QED) is 0.685. The average molecular weight is 222 g/mol. The summed E-state index contributed by atoms with van der Waals surface area (Å²) in [4.78, 5) is 2.07. The molecule has 0 aromatic heterocycles. The third kappa shape index (κ3) is 6.34. The Kier molecular flexibility index (Phi) is 5.63. The number of sulfone groups is 1. The lowest BCUT2D eigenvalue weighted by Crippen LogP contribution is -2.40. The van der Waals surface area contributed by atoms with Gasteiger partial charge in [-0.05, 0) is 27.9 Å². The van der Waals surface area contributed by atoms with Gasteiger partial charge in [0.05, 0.1) is 5.25 Å². The molecule has 0 fully saturated rings. The second-order valence-electron chi connectivity index (χ2n) is 4.21. The molecule has 4 nitrogen and oxygen atoms in total. The molecular formula is C9H22N2O2S. The first-order valence-electron chi connectivity index (χ1n) is 4.80. The van der Waals surface area contributed by atoms with Crippen LogP contribution < -0.4 is 5.32 Å². The van der Waals surface area contributed by atoms with Crippen LogP contribution in [0.3, 0.4) is 0 Å². The fourth-order valence-electron chi connectivity index (χ4n) is 1.13. The Morgan fingerprint density at radius 1 is 1.29 bits per heavy atom. The van der Waals surface area contributed by atoms with E-state index in [0.717, 1.165) is 6.54 Å². The van der Waals surface area contributed by atoms with Gasteiger partial charge in [-0.2, -0.15) is 0 Å². The van der Waals surface area contributed by atoms with Gasteiger partial charge in [0, 0.05) is 25.4 Å². The number of rotatable bonds is 6. The first-order valence-corrected chi connectivity index (χ1v) is 6.76. The maximum Gasteiger partial charge on any atom is 0.151 e. The molecule has 0 aliphatic heterocycles. The number of nitrogens with zero attached hydrogens (tertiary/aromatic N) is 1. The van der Waals surface area contributed by atoms with E-state index in [9.17, 15) is 8.42 Å². The monoisotopic (exact) mass is 222 g/mol. The van der Waals surface area contributed by atoms with Crippen molar-refractivity contribution in [1.82, 2.24) is 10.2 Å². The summed E-state index contributed by atoms with van der Waals surface area (Å²) in [7, 11) is 1.09. The molecule has 0 amide bonds. The standard InChI is InChI=1S/C9H22N2O2S/c1-8(7-11(3)4)10-6-9(2)14(5,12)13/h8-10H,6-7H2,1-5H3. The van der Waals surface area contributed by atoms with Crippen molar-refractivity contribution in [1.29, 1.82) is 0 Å². The van der Waals surface area contributed by atoms with Crippen molar-refractivity contribution in [3.8, 4) is 0 Å². The summed E-state index contributed by atoms with van der Waals surface area (Å²) in [6.07, 6.45) is 1.27. The van der Waals surface area contributed by atoms with Gasteiger partial charge in [0.25, 0.3) is 0 Å². The van der Waals surface area contributed by atoms with Crippen molar-refractivity contribution in [2.24, 2.45) is 0 Å². The Hall–Kier alpha value is -0.130. The van der Waals surface area contributed by atoms with Crippen molar-refractivity contribution in [2.45, 2.75) is 25.1 Å². The largest absolute Gasteiger partial charge is 0.312 e. The van der Waals surface area contributed by atoms with Crippen LogP contribution in [-0.4, -0.2) is 58.1 Å². The van der Waals surface area contributed by atoms with Gasteiger partial charge in [0.2, 0.25) is 0 Å². The molecule has 0 heterocycles. The minimum absolute atomic E-state index is 0.313. The number of likely N-dealkylation sites (N-methyl/N-ethyl adjacent to an activating group) is 1. The second kappa shape index (κ2) is 5.68. The van der Waals surface area contributed by atoms with E-state index in [-0.39, 0.29) is 5.25 Å². The summed E-state index contributed by atoms with van der Waals surface area (Å²) in [5.74, 6) is 0. The lowest BCUT2D eigenvalue weighted by molar-refractivity contribution is 0.350. The Morgan fingerprint density at radius 3 is 2.14 bits per heavy atom. The molecular weight excluding hydrogens is 200 g/mol. The predicted molar refractivity (Wildman–Crippen MR) is 60.3 cm³/mol. The fourth-order valence-corrected chi connectivity index (χ4v) is 1.53. The molecule has 0 radical (unpaired) electrons. The van der Waals surface area contributed by atoms with Gasteiger partial charge in [-0.1, -0.05) is 0 Å². The molecule has 0 aromatic rings. The minimum Gasteiger partial charge on any atom is -0.312 e. The van der Waals surface area contributed by atoms with E-state index in [1.165, 1.54) is 6.26 Å². The van der Waals surface area contributed by atoms with E-state index in [1.54, 1.807) is 6.92 Å². The predicted octanol–water partition coefficient (Wildman–Crippen LogP) is -0.0408. The first kappa shape index (κ1) is 13.9. The van der Waals surface area contributed by atoms with Gasteiger partial charge in [0.1, 0.15) is 0 Å². The Balaban J connectivity index is 3.84. The SMILES string of the molecule is CC(CN(C)C)NCC(C)S(C)(=O)=O. The zero-order valence-electron chi connectivity index (χ0n) is 9.74. The summed E-state index contributed by atoms with van der Waals surface area (Å²) in [5, 5.41) is 2.89. The normalized spacial score (nSPS) is 17.0. The Labute approximate surface area is 87.6 Å². The molecule has 0 saturated carbocycles. The van der Waals surface area contributed by atoms with Crippen molar-refractivity contribution in [2.75, 3.05) is 33.4 Å². The highest BCUT2D eigenvalue weighted by Gasteiger charge is 2.15. The van der Waals surface area contributed by atoms with Crippen LogP contribution in [0.1, 0.15) is 13.8 Å². The molecule has 2 atom stereocenters. The molecule has 0 aliphatic rings. The summed E-state index contributed by atoms with van der Waals surface area (Å²) in [5.41, 5.74) is 0. The van der Waals surface area contributed by atoms with E-state index in [1.807, 2.05) is 14.1 Å². The zero-order chi connectivity index (χ0) is 11.4. The van der Waals surface area contributed by atoms with Crippen molar-refractivity contribution in [3.05, 3.63) is 0 Å². The third-order valence-corrected chi connectivity index (χ3v) is 3.75. The molecule has 14 heavy (non-hydrogen) atoms. The summed E-state index contributed by atoms with van der Waals surface area (Å²) < 4.78 is 22.2. The third-order valence-electron chi connectivity index (χ3n) is 2.12. The second-order valence-corrected chi connectivity index (χ2v) is 6.68. The zero-order valence-corrected chi connectivity index (χ0v) is 10.6. The van der Waals surface area contributed by atoms with E-state index in [4.69, 9.17) is 0 Å².